The van der Waals surface area contributed by atoms with Gasteiger partial charge in [0.1, 0.15) is 17.6 Å². The molecule has 0 saturated heterocycles. The maximum atomic E-state index is 14.0. The molecule has 0 bridgehead atoms. The molecule has 37 heavy (non-hydrogen) atoms. The van der Waals surface area contributed by atoms with E-state index in [0.29, 0.717) is 12.8 Å². The number of para-hydroxylation sites is 3. The first-order valence-corrected chi connectivity index (χ1v) is 12.6. The Morgan fingerprint density at radius 2 is 1.54 bits per heavy atom. The van der Waals surface area contributed by atoms with Crippen LogP contribution >= 0.6 is 0 Å². The number of fused-ring (bicyclic) bond motifs is 1. The number of nitrogens with one attached hydrogen (secondary N) is 1. The van der Waals surface area contributed by atoms with E-state index < -0.39 is 6.04 Å². The molecule has 0 aliphatic carbocycles. The Morgan fingerprint density at radius 1 is 0.865 bits per heavy atom. The van der Waals surface area contributed by atoms with Crippen LogP contribution < -0.4 is 5.32 Å². The fourth-order valence-electron chi connectivity index (χ4n) is 4.96. The van der Waals surface area contributed by atoms with Crippen molar-refractivity contribution in [2.24, 2.45) is 0 Å². The van der Waals surface area contributed by atoms with Gasteiger partial charge < -0.3 is 15.0 Å². The molecule has 186 valence electrons. The number of hydrogen-bond acceptors (Lipinski definition) is 3. The van der Waals surface area contributed by atoms with E-state index in [1.807, 2.05) is 86.6 Å². The molecule has 0 spiro atoms. The summed E-state index contributed by atoms with van der Waals surface area (Å²) in [5.74, 6) is 0.948. The molecule has 1 atom stereocenters. The van der Waals surface area contributed by atoms with Crippen molar-refractivity contribution in [2.45, 2.75) is 39.2 Å². The van der Waals surface area contributed by atoms with E-state index in [0.717, 1.165) is 45.7 Å². The largest absolute Gasteiger partial charge is 0.508 e. The van der Waals surface area contributed by atoms with Crippen LogP contribution in [0.1, 0.15) is 40.5 Å². The number of anilines is 1. The Bertz CT molecular complexity index is 1520. The van der Waals surface area contributed by atoms with Crippen molar-refractivity contribution in [1.29, 1.82) is 0 Å². The minimum atomic E-state index is -0.473. The number of amides is 1. The number of imidazole rings is 1. The number of phenols is 1. The fourth-order valence-corrected chi connectivity index (χ4v) is 4.96. The van der Waals surface area contributed by atoms with Gasteiger partial charge in [-0.25, -0.2) is 4.98 Å². The number of aromatic nitrogens is 2. The maximum Gasteiger partial charge on any atom is 0.247 e. The lowest BCUT2D eigenvalue weighted by atomic mass is 10.0. The highest BCUT2D eigenvalue weighted by molar-refractivity contribution is 5.96. The number of carbonyl (C=O) groups excluding carboxylic acids is 1. The molecular formula is C32H31N3O2. The van der Waals surface area contributed by atoms with Gasteiger partial charge in [0.05, 0.1) is 11.0 Å². The van der Waals surface area contributed by atoms with Gasteiger partial charge >= 0.3 is 0 Å². The molecule has 1 amide bonds. The highest BCUT2D eigenvalue weighted by Gasteiger charge is 2.26. The van der Waals surface area contributed by atoms with Crippen LogP contribution in [0.25, 0.3) is 11.0 Å². The molecule has 5 aromatic rings. The highest BCUT2D eigenvalue weighted by atomic mass is 16.3. The molecule has 5 rings (SSSR count). The van der Waals surface area contributed by atoms with Crippen LogP contribution in [0.3, 0.4) is 0 Å². The summed E-state index contributed by atoms with van der Waals surface area (Å²) in [5.41, 5.74) is 6.82. The van der Waals surface area contributed by atoms with Crippen molar-refractivity contribution in [3.8, 4) is 5.75 Å². The van der Waals surface area contributed by atoms with E-state index in [-0.39, 0.29) is 11.7 Å². The van der Waals surface area contributed by atoms with Crippen LogP contribution in [0.5, 0.6) is 5.75 Å². The lowest BCUT2D eigenvalue weighted by Crippen LogP contribution is -2.28. The summed E-state index contributed by atoms with van der Waals surface area (Å²) < 4.78 is 2.09. The zero-order chi connectivity index (χ0) is 25.8. The van der Waals surface area contributed by atoms with Crippen LogP contribution in [-0.2, 0) is 17.6 Å². The van der Waals surface area contributed by atoms with Crippen molar-refractivity contribution < 1.29 is 9.90 Å². The number of rotatable bonds is 8. The first kappa shape index (κ1) is 24.3. The second-order valence-corrected chi connectivity index (χ2v) is 9.53. The van der Waals surface area contributed by atoms with Gasteiger partial charge in [0.2, 0.25) is 5.91 Å². The molecule has 5 nitrogen and oxygen atoms in total. The van der Waals surface area contributed by atoms with E-state index in [1.165, 1.54) is 5.56 Å². The van der Waals surface area contributed by atoms with Crippen LogP contribution in [0.2, 0.25) is 0 Å². The van der Waals surface area contributed by atoms with Crippen LogP contribution in [-0.4, -0.2) is 20.6 Å². The third-order valence-corrected chi connectivity index (χ3v) is 6.83. The van der Waals surface area contributed by atoms with Gasteiger partial charge in [0.15, 0.2) is 0 Å². The van der Waals surface area contributed by atoms with E-state index in [2.05, 4.69) is 22.0 Å². The average molecular weight is 490 g/mol. The fraction of sp³-hybridized carbons (Fsp3) is 0.188. The molecule has 2 N–H and O–H groups in total. The van der Waals surface area contributed by atoms with Gasteiger partial charge in [-0.15, -0.1) is 0 Å². The monoisotopic (exact) mass is 489 g/mol. The van der Waals surface area contributed by atoms with E-state index >= 15 is 0 Å². The first-order valence-electron chi connectivity index (χ1n) is 12.6. The molecular weight excluding hydrogens is 458 g/mol. The first-order chi connectivity index (χ1) is 18.0. The van der Waals surface area contributed by atoms with Crippen molar-refractivity contribution in [1.82, 2.24) is 9.55 Å². The van der Waals surface area contributed by atoms with Crippen molar-refractivity contribution in [3.05, 3.63) is 125 Å². The molecule has 0 saturated carbocycles. The molecule has 0 aliphatic rings. The number of hydrogen-bond donors (Lipinski definition) is 2. The standard InChI is InChI=1S/C32H31N3O2/c1-22-10-8-11-23(2)31(22)34-32(37)29(19-18-24-12-4-3-5-13-24)35-28-17-7-6-16-27(28)33-30(35)21-25-14-9-15-26(36)20-25/h3-17,20,29,36H,18-19,21H2,1-2H3,(H,34,37). The zero-order valence-corrected chi connectivity index (χ0v) is 21.2. The molecule has 0 aliphatic heterocycles. The summed E-state index contributed by atoms with van der Waals surface area (Å²) in [4.78, 5) is 19.0. The Labute approximate surface area is 217 Å². The van der Waals surface area contributed by atoms with Crippen molar-refractivity contribution >= 4 is 22.6 Å². The topological polar surface area (TPSA) is 67.2 Å². The number of benzene rings is 4. The number of aromatic hydroxyl groups is 1. The molecule has 0 fully saturated rings. The minimum absolute atomic E-state index is 0.0614. The third kappa shape index (κ3) is 5.41. The Kier molecular flexibility index (Phi) is 7.04. The van der Waals surface area contributed by atoms with Crippen LogP contribution in [0.15, 0.2) is 97.1 Å². The third-order valence-electron chi connectivity index (χ3n) is 6.83. The Hall–Kier alpha value is -4.38. The molecule has 4 aromatic carbocycles. The van der Waals surface area contributed by atoms with E-state index in [9.17, 15) is 9.90 Å². The lowest BCUT2D eigenvalue weighted by molar-refractivity contribution is -0.119. The second kappa shape index (κ2) is 10.7. The zero-order valence-electron chi connectivity index (χ0n) is 21.2. The number of phenolic OH excluding ortho intramolecular Hbond substituents is 1. The summed E-state index contributed by atoms with van der Waals surface area (Å²) in [6.45, 7) is 4.03. The van der Waals surface area contributed by atoms with Crippen molar-refractivity contribution in [3.63, 3.8) is 0 Å². The quantitative estimate of drug-likeness (QED) is 0.253. The number of aryl methyl sites for hydroxylation is 3. The van der Waals surface area contributed by atoms with Gasteiger partial charge in [-0.2, -0.15) is 0 Å². The molecule has 1 heterocycles. The molecule has 1 unspecified atom stereocenters. The summed E-state index contributed by atoms with van der Waals surface area (Å²) in [6, 6.07) is 31.0. The molecule has 1 aromatic heterocycles. The summed E-state index contributed by atoms with van der Waals surface area (Å²) in [7, 11) is 0. The van der Waals surface area contributed by atoms with E-state index in [4.69, 9.17) is 4.98 Å². The summed E-state index contributed by atoms with van der Waals surface area (Å²) in [5, 5.41) is 13.3. The predicted octanol–water partition coefficient (Wildman–Crippen LogP) is 6.76. The van der Waals surface area contributed by atoms with Gasteiger partial charge in [0, 0.05) is 12.1 Å². The second-order valence-electron chi connectivity index (χ2n) is 9.53. The van der Waals surface area contributed by atoms with Crippen LogP contribution in [0.4, 0.5) is 5.69 Å². The molecule has 0 radical (unpaired) electrons. The predicted molar refractivity (Wildman–Crippen MR) is 149 cm³/mol. The smallest absolute Gasteiger partial charge is 0.247 e. The van der Waals surface area contributed by atoms with E-state index in [1.54, 1.807) is 12.1 Å². The van der Waals surface area contributed by atoms with Gasteiger partial charge in [0.25, 0.3) is 0 Å². The Balaban J connectivity index is 1.58. The minimum Gasteiger partial charge on any atom is -0.508 e. The normalized spacial score (nSPS) is 11.9. The number of nitrogens with zero attached hydrogens (tertiary/aromatic N) is 2. The Morgan fingerprint density at radius 3 is 2.30 bits per heavy atom. The van der Waals surface area contributed by atoms with Crippen molar-refractivity contribution in [2.75, 3.05) is 5.32 Å². The SMILES string of the molecule is Cc1cccc(C)c1NC(=O)C(CCc1ccccc1)n1c(Cc2cccc(O)c2)nc2ccccc21. The number of carbonyl (C=O) groups is 1. The van der Waals surface area contributed by atoms with Gasteiger partial charge in [-0.1, -0.05) is 72.8 Å². The molecule has 5 heteroatoms. The highest BCUT2D eigenvalue weighted by Crippen LogP contribution is 2.29. The maximum absolute atomic E-state index is 14.0. The lowest BCUT2D eigenvalue weighted by Gasteiger charge is -2.23. The van der Waals surface area contributed by atoms with Gasteiger partial charge in [-0.05, 0) is 73.2 Å². The summed E-state index contributed by atoms with van der Waals surface area (Å²) in [6.07, 6.45) is 1.87. The van der Waals surface area contributed by atoms with Crippen LogP contribution in [0, 0.1) is 13.8 Å². The average Bonchev–Trinajstić information content (AvgIpc) is 3.25. The van der Waals surface area contributed by atoms with Gasteiger partial charge in [-0.3, -0.25) is 4.79 Å². The summed E-state index contributed by atoms with van der Waals surface area (Å²) >= 11 is 0.